The second-order valence-corrected chi connectivity index (χ2v) is 7.70. The molecular weight excluding hydrogens is 372 g/mol. The van der Waals surface area contributed by atoms with Crippen LogP contribution in [0.15, 0.2) is 73.2 Å². The number of amides is 2. The molecule has 0 aliphatic heterocycles. The van der Waals surface area contributed by atoms with Crippen molar-refractivity contribution in [3.8, 4) is 0 Å². The van der Waals surface area contributed by atoms with Gasteiger partial charge < -0.3 is 15.2 Å². The van der Waals surface area contributed by atoms with Crippen molar-refractivity contribution in [3.05, 3.63) is 95.4 Å². The molecule has 30 heavy (non-hydrogen) atoms. The lowest BCUT2D eigenvalue weighted by atomic mass is 9.92. The maximum atomic E-state index is 12.6. The van der Waals surface area contributed by atoms with Gasteiger partial charge in [0, 0.05) is 54.7 Å². The second-order valence-electron chi connectivity index (χ2n) is 7.70. The topological polar surface area (TPSA) is 59.0 Å². The van der Waals surface area contributed by atoms with E-state index in [-0.39, 0.29) is 11.9 Å². The predicted molar refractivity (Wildman–Crippen MR) is 122 cm³/mol. The van der Waals surface area contributed by atoms with Crippen LogP contribution in [0.25, 0.3) is 10.9 Å². The number of nitrogens with zero attached hydrogens (tertiary/aromatic N) is 2. The summed E-state index contributed by atoms with van der Waals surface area (Å²) in [6.07, 6.45) is 5.78. The molecule has 0 saturated carbocycles. The highest BCUT2D eigenvalue weighted by molar-refractivity contribution is 5.90. The van der Waals surface area contributed by atoms with Gasteiger partial charge in [-0.15, -0.1) is 0 Å². The lowest BCUT2D eigenvalue weighted by Crippen LogP contribution is -2.33. The predicted octanol–water partition coefficient (Wildman–Crippen LogP) is 5.14. The number of carbonyl (C=O) groups is 1. The van der Waals surface area contributed by atoms with Crippen LogP contribution < -0.4 is 10.6 Å². The molecule has 0 bridgehead atoms. The van der Waals surface area contributed by atoms with Crippen molar-refractivity contribution in [2.45, 2.75) is 19.8 Å². The zero-order valence-corrected chi connectivity index (χ0v) is 17.5. The summed E-state index contributed by atoms with van der Waals surface area (Å²) in [6.45, 7) is 4.51. The number of nitrogens with one attached hydrogen (secondary N) is 2. The first-order valence-corrected chi connectivity index (χ1v) is 10.1. The minimum Gasteiger partial charge on any atom is -0.350 e. The quantitative estimate of drug-likeness (QED) is 0.489. The summed E-state index contributed by atoms with van der Waals surface area (Å²) in [5.41, 5.74) is 6.45. The SMILES string of the molecule is Cc1ccc(NC(=O)NC[C@H](c2cccnc2)c2cn(C)c3ccccc23)c(C)c1. The molecule has 2 aromatic heterocycles. The number of para-hydroxylation sites is 1. The van der Waals surface area contributed by atoms with Gasteiger partial charge in [-0.05, 0) is 48.7 Å². The van der Waals surface area contributed by atoms with Gasteiger partial charge in [0.25, 0.3) is 0 Å². The minimum absolute atomic E-state index is 0.00494. The van der Waals surface area contributed by atoms with Crippen LogP contribution in [-0.4, -0.2) is 22.1 Å². The lowest BCUT2D eigenvalue weighted by molar-refractivity contribution is 0.252. The van der Waals surface area contributed by atoms with Gasteiger partial charge in [-0.2, -0.15) is 0 Å². The van der Waals surface area contributed by atoms with Crippen LogP contribution >= 0.6 is 0 Å². The zero-order chi connectivity index (χ0) is 21.1. The normalized spacial score (nSPS) is 12.0. The maximum absolute atomic E-state index is 12.6. The Balaban J connectivity index is 1.59. The number of fused-ring (bicyclic) bond motifs is 1. The second kappa shape index (κ2) is 8.41. The van der Waals surface area contributed by atoms with Gasteiger partial charge in [-0.25, -0.2) is 4.79 Å². The summed E-state index contributed by atoms with van der Waals surface area (Å²) in [5.74, 6) is -0.00494. The smallest absolute Gasteiger partial charge is 0.319 e. The maximum Gasteiger partial charge on any atom is 0.319 e. The van der Waals surface area contributed by atoms with E-state index < -0.39 is 0 Å². The Morgan fingerprint density at radius 2 is 1.93 bits per heavy atom. The molecule has 0 spiro atoms. The average molecular weight is 399 g/mol. The molecule has 0 aliphatic carbocycles. The van der Waals surface area contributed by atoms with Crippen molar-refractivity contribution in [1.29, 1.82) is 0 Å². The van der Waals surface area contributed by atoms with Crippen molar-refractivity contribution in [2.75, 3.05) is 11.9 Å². The average Bonchev–Trinajstić information content (AvgIpc) is 3.08. The number of aromatic nitrogens is 2. The van der Waals surface area contributed by atoms with Gasteiger partial charge >= 0.3 is 6.03 Å². The van der Waals surface area contributed by atoms with E-state index in [2.05, 4.69) is 50.6 Å². The van der Waals surface area contributed by atoms with Crippen LogP contribution in [0.1, 0.15) is 28.2 Å². The Morgan fingerprint density at radius 1 is 1.10 bits per heavy atom. The van der Waals surface area contributed by atoms with E-state index in [1.54, 1.807) is 6.20 Å². The molecule has 0 radical (unpaired) electrons. The minimum atomic E-state index is -0.212. The van der Waals surface area contributed by atoms with Crippen LogP contribution in [0.2, 0.25) is 0 Å². The molecule has 152 valence electrons. The number of benzene rings is 2. The molecule has 2 N–H and O–H groups in total. The first kappa shape index (κ1) is 19.7. The third kappa shape index (κ3) is 4.06. The first-order valence-electron chi connectivity index (χ1n) is 10.1. The Kier molecular flexibility index (Phi) is 5.53. The largest absolute Gasteiger partial charge is 0.350 e. The van der Waals surface area contributed by atoms with E-state index in [0.717, 1.165) is 16.8 Å². The van der Waals surface area contributed by atoms with Gasteiger partial charge in [0.15, 0.2) is 0 Å². The summed E-state index contributed by atoms with van der Waals surface area (Å²) in [4.78, 5) is 16.9. The molecule has 0 fully saturated rings. The van der Waals surface area contributed by atoms with E-state index in [1.807, 2.05) is 57.4 Å². The number of rotatable bonds is 5. The van der Waals surface area contributed by atoms with Gasteiger partial charge in [-0.3, -0.25) is 4.98 Å². The van der Waals surface area contributed by atoms with E-state index in [4.69, 9.17) is 0 Å². The van der Waals surface area contributed by atoms with Gasteiger partial charge in [0.2, 0.25) is 0 Å². The highest BCUT2D eigenvalue weighted by Gasteiger charge is 2.20. The third-order valence-electron chi connectivity index (χ3n) is 5.49. The molecular formula is C25H26N4O. The van der Waals surface area contributed by atoms with Crippen LogP contribution in [0.4, 0.5) is 10.5 Å². The fourth-order valence-electron chi connectivity index (χ4n) is 3.96. The fourth-order valence-corrected chi connectivity index (χ4v) is 3.96. The first-order chi connectivity index (χ1) is 14.5. The van der Waals surface area contributed by atoms with Crippen molar-refractivity contribution < 1.29 is 4.79 Å². The molecule has 4 aromatic rings. The number of aryl methyl sites for hydroxylation is 3. The van der Waals surface area contributed by atoms with Crippen molar-refractivity contribution in [2.24, 2.45) is 7.05 Å². The number of carbonyl (C=O) groups excluding carboxylic acids is 1. The fraction of sp³-hybridized carbons (Fsp3) is 0.200. The Bertz CT molecular complexity index is 1180. The molecule has 2 amide bonds. The van der Waals surface area contributed by atoms with E-state index in [9.17, 15) is 4.79 Å². The number of hydrogen-bond acceptors (Lipinski definition) is 2. The van der Waals surface area contributed by atoms with Crippen LogP contribution in [0.5, 0.6) is 0 Å². The van der Waals surface area contributed by atoms with Gasteiger partial charge in [0.05, 0.1) is 0 Å². The van der Waals surface area contributed by atoms with E-state index >= 15 is 0 Å². The number of pyridine rings is 1. The van der Waals surface area contributed by atoms with Gasteiger partial charge in [0.1, 0.15) is 0 Å². The third-order valence-corrected chi connectivity index (χ3v) is 5.49. The molecule has 5 heteroatoms. The molecule has 0 saturated heterocycles. The highest BCUT2D eigenvalue weighted by Crippen LogP contribution is 2.31. The Labute approximate surface area is 176 Å². The standard InChI is InChI=1S/C25H26N4O/c1-17-10-11-23(18(2)13-17)28-25(30)27-15-21(19-7-6-12-26-14-19)22-16-29(3)24-9-5-4-8-20(22)24/h4-14,16,21H,15H2,1-3H3,(H2,27,28,30)/t21-/m1/s1. The summed E-state index contributed by atoms with van der Waals surface area (Å²) in [5, 5.41) is 7.21. The number of hydrogen-bond donors (Lipinski definition) is 2. The molecule has 5 nitrogen and oxygen atoms in total. The summed E-state index contributed by atoms with van der Waals surface area (Å²) < 4.78 is 2.13. The number of anilines is 1. The highest BCUT2D eigenvalue weighted by atomic mass is 16.2. The van der Waals surface area contributed by atoms with Crippen LogP contribution in [0.3, 0.4) is 0 Å². The van der Waals surface area contributed by atoms with E-state index in [1.165, 1.54) is 22.0 Å². The van der Waals surface area contributed by atoms with Crippen LogP contribution in [-0.2, 0) is 7.05 Å². The molecule has 4 rings (SSSR count). The Morgan fingerprint density at radius 3 is 2.70 bits per heavy atom. The summed E-state index contributed by atoms with van der Waals surface area (Å²) >= 11 is 0. The molecule has 1 atom stereocenters. The van der Waals surface area contributed by atoms with Crippen molar-refractivity contribution >= 4 is 22.6 Å². The Hall–Kier alpha value is -3.60. The molecule has 2 aromatic carbocycles. The molecule has 2 heterocycles. The van der Waals surface area contributed by atoms with Crippen LogP contribution in [0, 0.1) is 13.8 Å². The monoisotopic (exact) mass is 398 g/mol. The summed E-state index contributed by atoms with van der Waals surface area (Å²) in [7, 11) is 2.05. The number of urea groups is 1. The van der Waals surface area contributed by atoms with Gasteiger partial charge in [-0.1, -0.05) is 42.0 Å². The lowest BCUT2D eigenvalue weighted by Gasteiger charge is -2.18. The molecule has 0 aliphatic rings. The van der Waals surface area contributed by atoms with Crippen molar-refractivity contribution in [1.82, 2.24) is 14.9 Å². The summed E-state index contributed by atoms with van der Waals surface area (Å²) in [6, 6.07) is 18.1. The zero-order valence-electron chi connectivity index (χ0n) is 17.5. The van der Waals surface area contributed by atoms with E-state index in [0.29, 0.717) is 6.54 Å². The van der Waals surface area contributed by atoms with Crippen molar-refractivity contribution in [3.63, 3.8) is 0 Å². The molecule has 0 unspecified atom stereocenters.